The minimum absolute atomic E-state index is 0.647. The summed E-state index contributed by atoms with van der Waals surface area (Å²) in [6.07, 6.45) is 3.95. The molecule has 0 bridgehead atoms. The van der Waals surface area contributed by atoms with Crippen molar-refractivity contribution >= 4 is 17.1 Å². The molecule has 0 fully saturated rings. The van der Waals surface area contributed by atoms with Crippen LogP contribution in [0.25, 0.3) is 22.3 Å². The molecule has 0 radical (unpaired) electrons. The number of hydrogen-bond donors (Lipinski definition) is 2. The van der Waals surface area contributed by atoms with Gasteiger partial charge in [0, 0.05) is 25.1 Å². The Labute approximate surface area is 104 Å². The SMILES string of the molecule is Cn1ccc(-c2n[nH]c3cc(CC=N)ccc23)n1. The van der Waals surface area contributed by atoms with Crippen LogP contribution in [0.4, 0.5) is 0 Å². The number of H-pyrrole nitrogens is 1. The van der Waals surface area contributed by atoms with Gasteiger partial charge >= 0.3 is 0 Å². The highest BCUT2D eigenvalue weighted by atomic mass is 15.3. The third-order valence-corrected chi connectivity index (χ3v) is 2.92. The lowest BCUT2D eigenvalue weighted by Gasteiger charge is -1.96. The van der Waals surface area contributed by atoms with Crippen LogP contribution >= 0.6 is 0 Å². The van der Waals surface area contributed by atoms with E-state index >= 15 is 0 Å². The Morgan fingerprint density at radius 2 is 2.28 bits per heavy atom. The molecule has 0 saturated carbocycles. The van der Waals surface area contributed by atoms with Crippen LogP contribution in [0.1, 0.15) is 5.56 Å². The van der Waals surface area contributed by atoms with Gasteiger partial charge in [0.05, 0.1) is 5.52 Å². The smallest absolute Gasteiger partial charge is 0.120 e. The Kier molecular flexibility index (Phi) is 2.44. The maximum Gasteiger partial charge on any atom is 0.120 e. The summed E-state index contributed by atoms with van der Waals surface area (Å²) < 4.78 is 1.76. The van der Waals surface area contributed by atoms with E-state index in [1.165, 1.54) is 6.21 Å². The first-order chi connectivity index (χ1) is 8.78. The number of rotatable bonds is 3. The monoisotopic (exact) mass is 239 g/mol. The third kappa shape index (κ3) is 1.69. The second-order valence-electron chi connectivity index (χ2n) is 4.24. The molecule has 2 N–H and O–H groups in total. The molecule has 18 heavy (non-hydrogen) atoms. The minimum atomic E-state index is 0.647. The Balaban J connectivity index is 2.12. The molecular weight excluding hydrogens is 226 g/mol. The third-order valence-electron chi connectivity index (χ3n) is 2.92. The molecule has 0 aliphatic carbocycles. The molecule has 2 heterocycles. The highest BCUT2D eigenvalue weighted by Gasteiger charge is 2.10. The number of fused-ring (bicyclic) bond motifs is 1. The Morgan fingerprint density at radius 1 is 1.39 bits per heavy atom. The number of aromatic amines is 1. The van der Waals surface area contributed by atoms with Gasteiger partial charge in [-0.3, -0.25) is 9.78 Å². The largest absolute Gasteiger partial charge is 0.313 e. The lowest BCUT2D eigenvalue weighted by molar-refractivity contribution is 0.770. The van der Waals surface area contributed by atoms with E-state index in [0.29, 0.717) is 6.42 Å². The number of benzene rings is 1. The predicted octanol–water partition coefficient (Wildman–Crippen LogP) is 2.16. The average molecular weight is 239 g/mol. The highest BCUT2D eigenvalue weighted by Crippen LogP contribution is 2.25. The zero-order valence-corrected chi connectivity index (χ0v) is 10.0. The summed E-state index contributed by atoms with van der Waals surface area (Å²) in [6, 6.07) is 8.03. The normalized spacial score (nSPS) is 10.9. The maximum absolute atomic E-state index is 7.13. The predicted molar refractivity (Wildman–Crippen MR) is 70.8 cm³/mol. The van der Waals surface area contributed by atoms with Crippen molar-refractivity contribution in [2.45, 2.75) is 6.42 Å². The molecule has 3 rings (SSSR count). The second kappa shape index (κ2) is 4.10. The molecule has 5 nitrogen and oxygen atoms in total. The molecule has 90 valence electrons. The lowest BCUT2D eigenvalue weighted by atomic mass is 10.1. The van der Waals surface area contributed by atoms with Crippen molar-refractivity contribution in [1.82, 2.24) is 20.0 Å². The molecule has 2 aromatic heterocycles. The zero-order valence-electron chi connectivity index (χ0n) is 10.0. The molecule has 0 aliphatic heterocycles. The van der Waals surface area contributed by atoms with Gasteiger partial charge < -0.3 is 5.41 Å². The van der Waals surface area contributed by atoms with E-state index in [-0.39, 0.29) is 0 Å². The van der Waals surface area contributed by atoms with Gasteiger partial charge in [-0.1, -0.05) is 12.1 Å². The van der Waals surface area contributed by atoms with Gasteiger partial charge in [-0.25, -0.2) is 0 Å². The summed E-state index contributed by atoms with van der Waals surface area (Å²) in [7, 11) is 1.89. The first kappa shape index (κ1) is 10.7. The number of nitrogens with one attached hydrogen (secondary N) is 2. The summed E-state index contributed by atoms with van der Waals surface area (Å²) in [5.74, 6) is 0. The maximum atomic E-state index is 7.13. The van der Waals surface area contributed by atoms with Crippen LogP contribution in [-0.4, -0.2) is 26.2 Å². The van der Waals surface area contributed by atoms with E-state index in [9.17, 15) is 0 Å². The topological polar surface area (TPSA) is 70.3 Å². The zero-order chi connectivity index (χ0) is 12.5. The van der Waals surface area contributed by atoms with Crippen molar-refractivity contribution in [3.05, 3.63) is 36.0 Å². The second-order valence-corrected chi connectivity index (χ2v) is 4.24. The first-order valence-electron chi connectivity index (χ1n) is 5.74. The summed E-state index contributed by atoms with van der Waals surface area (Å²) >= 11 is 0. The molecule has 3 aromatic rings. The molecule has 0 saturated heterocycles. The van der Waals surface area contributed by atoms with Crippen molar-refractivity contribution in [2.75, 3.05) is 0 Å². The van der Waals surface area contributed by atoms with E-state index in [4.69, 9.17) is 5.41 Å². The average Bonchev–Trinajstić information content (AvgIpc) is 2.95. The first-order valence-corrected chi connectivity index (χ1v) is 5.74. The van der Waals surface area contributed by atoms with E-state index in [0.717, 1.165) is 27.9 Å². The molecule has 0 unspecified atom stereocenters. The highest BCUT2D eigenvalue weighted by molar-refractivity contribution is 5.92. The Hall–Kier alpha value is -2.43. The van der Waals surface area contributed by atoms with Gasteiger partial charge in [-0.2, -0.15) is 10.2 Å². The molecule has 0 aliphatic rings. The van der Waals surface area contributed by atoms with Crippen molar-refractivity contribution in [1.29, 1.82) is 5.41 Å². The number of aryl methyl sites for hydroxylation is 1. The Morgan fingerprint density at radius 3 is 3.00 bits per heavy atom. The van der Waals surface area contributed by atoms with Gasteiger partial charge in [-0.15, -0.1) is 0 Å². The van der Waals surface area contributed by atoms with Crippen molar-refractivity contribution in [2.24, 2.45) is 7.05 Å². The van der Waals surface area contributed by atoms with Crippen LogP contribution in [-0.2, 0) is 13.5 Å². The van der Waals surface area contributed by atoms with Gasteiger partial charge in [0.25, 0.3) is 0 Å². The van der Waals surface area contributed by atoms with Gasteiger partial charge in [0.1, 0.15) is 11.4 Å². The standard InChI is InChI=1S/C13H13N5/c1-18-7-5-11(17-18)13-10-3-2-9(4-6-14)8-12(10)15-16-13/h2-3,5-8,14H,4H2,1H3,(H,15,16). The van der Waals surface area contributed by atoms with Crippen LogP contribution in [0, 0.1) is 5.41 Å². The fourth-order valence-electron chi connectivity index (χ4n) is 2.05. The molecule has 0 spiro atoms. The van der Waals surface area contributed by atoms with Gasteiger partial charge in [-0.05, 0) is 23.9 Å². The van der Waals surface area contributed by atoms with Crippen LogP contribution in [0.3, 0.4) is 0 Å². The summed E-state index contributed by atoms with van der Waals surface area (Å²) in [6.45, 7) is 0. The molecular formula is C13H13N5. The van der Waals surface area contributed by atoms with E-state index in [1.54, 1.807) is 4.68 Å². The lowest BCUT2D eigenvalue weighted by Crippen LogP contribution is -1.88. The molecule has 1 aromatic carbocycles. The van der Waals surface area contributed by atoms with Crippen LogP contribution in [0.15, 0.2) is 30.5 Å². The van der Waals surface area contributed by atoms with Crippen LogP contribution in [0.2, 0.25) is 0 Å². The number of nitrogens with zero attached hydrogens (tertiary/aromatic N) is 3. The van der Waals surface area contributed by atoms with E-state index < -0.39 is 0 Å². The van der Waals surface area contributed by atoms with Crippen LogP contribution in [0.5, 0.6) is 0 Å². The number of hydrogen-bond acceptors (Lipinski definition) is 3. The summed E-state index contributed by atoms with van der Waals surface area (Å²) in [4.78, 5) is 0. The molecule has 0 atom stereocenters. The van der Waals surface area contributed by atoms with Gasteiger partial charge in [0.15, 0.2) is 0 Å². The summed E-state index contributed by atoms with van der Waals surface area (Å²) in [5.41, 5.74) is 3.82. The molecule has 5 heteroatoms. The minimum Gasteiger partial charge on any atom is -0.313 e. The number of aromatic nitrogens is 4. The van der Waals surface area contributed by atoms with E-state index in [2.05, 4.69) is 15.3 Å². The van der Waals surface area contributed by atoms with Crippen LogP contribution < -0.4 is 0 Å². The quantitative estimate of drug-likeness (QED) is 0.687. The Bertz CT molecular complexity index is 707. The van der Waals surface area contributed by atoms with Gasteiger partial charge in [0.2, 0.25) is 0 Å². The van der Waals surface area contributed by atoms with Crippen molar-refractivity contribution < 1.29 is 0 Å². The van der Waals surface area contributed by atoms with Crippen molar-refractivity contribution in [3.8, 4) is 11.4 Å². The van der Waals surface area contributed by atoms with E-state index in [1.807, 2.05) is 37.5 Å². The fourth-order valence-corrected chi connectivity index (χ4v) is 2.05. The molecule has 0 amide bonds. The fraction of sp³-hybridized carbons (Fsp3) is 0.154. The summed E-state index contributed by atoms with van der Waals surface area (Å²) in [5, 5.41) is 19.9. The van der Waals surface area contributed by atoms with Crippen molar-refractivity contribution in [3.63, 3.8) is 0 Å².